The molecule has 1 rings (SSSR count). The largest absolute Gasteiger partial charge is 0.481 e. The predicted molar refractivity (Wildman–Crippen MR) is 77.6 cm³/mol. The Morgan fingerprint density at radius 2 is 1.71 bits per heavy atom. The first-order valence-electron chi connectivity index (χ1n) is 6.73. The summed E-state index contributed by atoms with van der Waals surface area (Å²) in [6.07, 6.45) is 0.204. The number of aliphatic carboxylic acids is 1. The van der Waals surface area contributed by atoms with Crippen LogP contribution >= 0.6 is 0 Å². The van der Waals surface area contributed by atoms with Crippen molar-refractivity contribution in [1.82, 2.24) is 10.6 Å². The van der Waals surface area contributed by atoms with E-state index in [0.717, 1.165) is 5.56 Å². The van der Waals surface area contributed by atoms with Gasteiger partial charge in [0.25, 0.3) is 0 Å². The molecule has 21 heavy (non-hydrogen) atoms. The molecule has 0 aliphatic carbocycles. The minimum Gasteiger partial charge on any atom is -0.481 e. The van der Waals surface area contributed by atoms with E-state index in [2.05, 4.69) is 10.6 Å². The Kier molecular flexibility index (Phi) is 6.39. The number of nitrogens with one attached hydrogen (secondary N) is 2. The minimum atomic E-state index is -0.976. The third-order valence-electron chi connectivity index (χ3n) is 3.18. The molecule has 0 fully saturated rings. The molecule has 2 atom stereocenters. The summed E-state index contributed by atoms with van der Waals surface area (Å²) in [4.78, 5) is 34.0. The second-order valence-electron chi connectivity index (χ2n) is 4.92. The summed E-state index contributed by atoms with van der Waals surface area (Å²) in [5.74, 6) is -2.32. The van der Waals surface area contributed by atoms with E-state index in [1.165, 1.54) is 6.92 Å². The molecule has 114 valence electrons. The first kappa shape index (κ1) is 16.7. The van der Waals surface area contributed by atoms with Crippen LogP contribution in [0.2, 0.25) is 0 Å². The van der Waals surface area contributed by atoms with Gasteiger partial charge in [0.1, 0.15) is 0 Å². The zero-order valence-electron chi connectivity index (χ0n) is 12.1. The molecule has 0 heterocycles. The maximum Gasteiger partial charge on any atom is 0.308 e. The van der Waals surface area contributed by atoms with Crippen LogP contribution in [0.5, 0.6) is 0 Å². The fourth-order valence-electron chi connectivity index (χ4n) is 1.67. The normalized spacial score (nSPS) is 13.0. The van der Waals surface area contributed by atoms with Gasteiger partial charge in [-0.2, -0.15) is 0 Å². The average molecular weight is 292 g/mol. The van der Waals surface area contributed by atoms with Crippen molar-refractivity contribution >= 4 is 17.8 Å². The monoisotopic (exact) mass is 292 g/mol. The Hall–Kier alpha value is -2.37. The quantitative estimate of drug-likeness (QED) is 0.684. The topological polar surface area (TPSA) is 95.5 Å². The lowest BCUT2D eigenvalue weighted by Crippen LogP contribution is -2.45. The van der Waals surface area contributed by atoms with Crippen molar-refractivity contribution < 1.29 is 19.5 Å². The van der Waals surface area contributed by atoms with E-state index in [-0.39, 0.29) is 18.9 Å². The Balaban J connectivity index is 2.33. The van der Waals surface area contributed by atoms with Crippen molar-refractivity contribution in [2.24, 2.45) is 5.92 Å². The summed E-state index contributed by atoms with van der Waals surface area (Å²) < 4.78 is 0. The van der Waals surface area contributed by atoms with E-state index in [0.29, 0.717) is 0 Å². The van der Waals surface area contributed by atoms with Gasteiger partial charge in [-0.1, -0.05) is 30.3 Å². The number of carboxylic acid groups (broad SMARTS) is 1. The van der Waals surface area contributed by atoms with E-state index in [1.807, 2.05) is 30.3 Å². The molecular weight excluding hydrogens is 272 g/mol. The maximum atomic E-state index is 11.7. The summed E-state index contributed by atoms with van der Waals surface area (Å²) in [5, 5.41) is 13.9. The van der Waals surface area contributed by atoms with E-state index in [9.17, 15) is 14.4 Å². The van der Waals surface area contributed by atoms with Crippen LogP contribution in [0.15, 0.2) is 30.3 Å². The van der Waals surface area contributed by atoms with Crippen molar-refractivity contribution in [3.05, 3.63) is 35.9 Å². The number of carbonyl (C=O) groups excluding carboxylic acids is 2. The van der Waals surface area contributed by atoms with Gasteiger partial charge in [-0.3, -0.25) is 14.4 Å². The highest BCUT2D eigenvalue weighted by atomic mass is 16.4. The van der Waals surface area contributed by atoms with Crippen LogP contribution in [0, 0.1) is 5.92 Å². The molecule has 0 radical (unpaired) electrons. The lowest BCUT2D eigenvalue weighted by Gasteiger charge is -2.17. The number of carbonyl (C=O) groups is 3. The molecule has 0 aromatic heterocycles. The molecular formula is C15H20N2O4. The van der Waals surface area contributed by atoms with E-state index in [4.69, 9.17) is 5.11 Å². The maximum absolute atomic E-state index is 11.7. The van der Waals surface area contributed by atoms with Gasteiger partial charge in [0.05, 0.1) is 18.9 Å². The highest BCUT2D eigenvalue weighted by Gasteiger charge is 2.20. The third kappa shape index (κ3) is 6.07. The second-order valence-corrected chi connectivity index (χ2v) is 4.92. The molecule has 6 heteroatoms. The zero-order valence-corrected chi connectivity index (χ0v) is 12.1. The van der Waals surface area contributed by atoms with E-state index in [1.54, 1.807) is 6.92 Å². The number of benzene rings is 1. The van der Waals surface area contributed by atoms with Crippen LogP contribution in [0.25, 0.3) is 0 Å². The summed E-state index contributed by atoms with van der Waals surface area (Å²) in [7, 11) is 0. The van der Waals surface area contributed by atoms with E-state index >= 15 is 0 Å². The molecule has 1 aromatic rings. The lowest BCUT2D eigenvalue weighted by atomic mass is 10.0. The van der Waals surface area contributed by atoms with Crippen LogP contribution < -0.4 is 10.6 Å². The minimum absolute atomic E-state index is 0.164. The first-order valence-corrected chi connectivity index (χ1v) is 6.73. The van der Waals surface area contributed by atoms with Crippen LogP contribution in [0.4, 0.5) is 0 Å². The van der Waals surface area contributed by atoms with Crippen LogP contribution in [-0.4, -0.2) is 35.5 Å². The highest BCUT2D eigenvalue weighted by Crippen LogP contribution is 2.02. The van der Waals surface area contributed by atoms with Gasteiger partial charge in [0, 0.05) is 6.04 Å². The summed E-state index contributed by atoms with van der Waals surface area (Å²) in [6.45, 7) is 2.96. The van der Waals surface area contributed by atoms with Crippen LogP contribution in [0.1, 0.15) is 19.4 Å². The molecule has 2 amide bonds. The Morgan fingerprint density at radius 3 is 2.29 bits per heavy atom. The van der Waals surface area contributed by atoms with Crippen molar-refractivity contribution in [2.75, 3.05) is 6.54 Å². The molecule has 2 unspecified atom stereocenters. The highest BCUT2D eigenvalue weighted by molar-refractivity contribution is 5.86. The predicted octanol–water partition coefficient (Wildman–Crippen LogP) is 0.571. The number of hydrogen-bond acceptors (Lipinski definition) is 3. The van der Waals surface area contributed by atoms with Gasteiger partial charge in [0.2, 0.25) is 11.8 Å². The van der Waals surface area contributed by atoms with Gasteiger partial charge >= 0.3 is 5.97 Å². The molecule has 0 saturated carbocycles. The lowest BCUT2D eigenvalue weighted by molar-refractivity contribution is -0.142. The standard InChI is InChI=1S/C15H20N2O4/c1-10(15(20)21)11(2)17-14(19)9-16-13(18)8-12-6-4-3-5-7-12/h3-7,10-11H,8-9H2,1-2H3,(H,16,18)(H,17,19)(H,20,21). The van der Waals surface area contributed by atoms with Crippen molar-refractivity contribution in [1.29, 1.82) is 0 Å². The van der Waals surface area contributed by atoms with Crippen molar-refractivity contribution in [2.45, 2.75) is 26.3 Å². The molecule has 3 N–H and O–H groups in total. The number of amides is 2. The fourth-order valence-corrected chi connectivity index (χ4v) is 1.67. The smallest absolute Gasteiger partial charge is 0.308 e. The molecule has 0 aliphatic rings. The SMILES string of the molecule is CC(NC(=O)CNC(=O)Cc1ccccc1)C(C)C(=O)O. The number of hydrogen-bond donors (Lipinski definition) is 3. The first-order chi connectivity index (χ1) is 9.90. The summed E-state index contributed by atoms with van der Waals surface area (Å²) >= 11 is 0. The Morgan fingerprint density at radius 1 is 1.10 bits per heavy atom. The van der Waals surface area contributed by atoms with E-state index < -0.39 is 23.8 Å². The summed E-state index contributed by atoms with van der Waals surface area (Å²) in [5.41, 5.74) is 0.864. The van der Waals surface area contributed by atoms with Crippen molar-refractivity contribution in [3.63, 3.8) is 0 Å². The van der Waals surface area contributed by atoms with Gasteiger partial charge < -0.3 is 15.7 Å². The third-order valence-corrected chi connectivity index (χ3v) is 3.18. The fraction of sp³-hybridized carbons (Fsp3) is 0.400. The van der Waals surface area contributed by atoms with Crippen molar-refractivity contribution in [3.8, 4) is 0 Å². The molecule has 0 saturated heterocycles. The number of rotatable bonds is 7. The van der Waals surface area contributed by atoms with Crippen LogP contribution in [-0.2, 0) is 20.8 Å². The van der Waals surface area contributed by atoms with Crippen LogP contribution in [0.3, 0.4) is 0 Å². The molecule has 0 bridgehead atoms. The Labute approximate surface area is 123 Å². The van der Waals surface area contributed by atoms with Gasteiger partial charge in [0.15, 0.2) is 0 Å². The molecule has 0 aliphatic heterocycles. The second kappa shape index (κ2) is 8.04. The average Bonchev–Trinajstić information content (AvgIpc) is 2.45. The van der Waals surface area contributed by atoms with Gasteiger partial charge in [-0.25, -0.2) is 0 Å². The summed E-state index contributed by atoms with van der Waals surface area (Å²) in [6, 6.07) is 8.70. The van der Waals surface area contributed by atoms with Gasteiger partial charge in [-0.05, 0) is 19.4 Å². The molecule has 1 aromatic carbocycles. The molecule has 6 nitrogen and oxygen atoms in total. The zero-order chi connectivity index (χ0) is 15.8. The number of carboxylic acids is 1. The van der Waals surface area contributed by atoms with Gasteiger partial charge in [-0.15, -0.1) is 0 Å². The molecule has 0 spiro atoms. The Bertz CT molecular complexity index is 502.